The second-order valence-corrected chi connectivity index (χ2v) is 6.11. The zero-order valence-electron chi connectivity index (χ0n) is 14.9. The molecule has 0 atom stereocenters. The molecule has 0 spiro atoms. The number of aromatic nitrogens is 1. The number of fused-ring (bicyclic) bond motifs is 4. The topological polar surface area (TPSA) is 76.1 Å². The summed E-state index contributed by atoms with van der Waals surface area (Å²) < 4.78 is 27.9. The Hall–Kier alpha value is -3.48. The van der Waals surface area contributed by atoms with Gasteiger partial charge in [-0.25, -0.2) is 0 Å². The smallest absolute Gasteiger partial charge is 0.231 e. The monoisotopic (exact) mass is 365 g/mol. The van der Waals surface area contributed by atoms with Crippen molar-refractivity contribution in [2.75, 3.05) is 28.1 Å². The van der Waals surface area contributed by atoms with E-state index in [9.17, 15) is 4.79 Å². The van der Waals surface area contributed by atoms with Crippen LogP contribution in [-0.2, 0) is 0 Å². The summed E-state index contributed by atoms with van der Waals surface area (Å²) in [5.74, 6) is 2.19. The zero-order chi connectivity index (χ0) is 18.7. The third kappa shape index (κ3) is 1.85. The molecule has 0 unspecified atom stereocenters. The molecule has 2 aliphatic rings. The molecule has 136 valence electrons. The molecule has 3 aromatic rings. The Morgan fingerprint density at radius 1 is 0.926 bits per heavy atom. The van der Waals surface area contributed by atoms with Crippen molar-refractivity contribution in [3.05, 3.63) is 35.7 Å². The highest BCUT2D eigenvalue weighted by Gasteiger charge is 2.38. The highest BCUT2D eigenvalue weighted by atomic mass is 16.7. The molecular weight excluding hydrogens is 350 g/mol. The Bertz CT molecular complexity index is 1140. The number of carbonyl (C=O) groups excluding carboxylic acids is 1. The molecule has 0 saturated heterocycles. The molecule has 27 heavy (non-hydrogen) atoms. The van der Waals surface area contributed by atoms with Crippen LogP contribution in [-0.4, -0.2) is 38.9 Å². The third-order valence-corrected chi connectivity index (χ3v) is 4.95. The number of hydrogen-bond acceptors (Lipinski definition) is 7. The van der Waals surface area contributed by atoms with E-state index in [-0.39, 0.29) is 12.6 Å². The van der Waals surface area contributed by atoms with Crippen molar-refractivity contribution in [3.63, 3.8) is 0 Å². The summed E-state index contributed by atoms with van der Waals surface area (Å²) in [7, 11) is 4.60. The van der Waals surface area contributed by atoms with Crippen molar-refractivity contribution in [2.24, 2.45) is 0 Å². The van der Waals surface area contributed by atoms with Crippen molar-refractivity contribution >= 4 is 16.6 Å². The lowest BCUT2D eigenvalue weighted by atomic mass is 9.83. The number of rotatable bonds is 3. The van der Waals surface area contributed by atoms with E-state index in [1.165, 1.54) is 14.2 Å². The van der Waals surface area contributed by atoms with E-state index in [1.807, 2.05) is 12.1 Å². The Kier molecular flexibility index (Phi) is 3.21. The van der Waals surface area contributed by atoms with Crippen LogP contribution in [0.2, 0.25) is 0 Å². The standard InChI is InChI=1S/C20H15NO6/c1-23-11-5-4-9-13-12-10(17(24-2)20-19(13)26-8-27-20)6-7-21-15(12)16(22)14(9)18(11)25-3/h4-7H,8H2,1-3H3. The predicted molar refractivity (Wildman–Crippen MR) is 96.4 cm³/mol. The van der Waals surface area contributed by atoms with E-state index in [4.69, 9.17) is 23.7 Å². The van der Waals surface area contributed by atoms with Crippen molar-refractivity contribution in [2.45, 2.75) is 0 Å². The number of ether oxygens (including phenoxy) is 5. The van der Waals surface area contributed by atoms with Gasteiger partial charge in [0.1, 0.15) is 5.69 Å². The van der Waals surface area contributed by atoms with E-state index in [0.717, 1.165) is 10.9 Å². The molecule has 5 rings (SSSR count). The van der Waals surface area contributed by atoms with Gasteiger partial charge in [-0.1, -0.05) is 0 Å². The molecule has 2 aromatic carbocycles. The normalized spacial score (nSPS) is 13.5. The lowest BCUT2D eigenvalue weighted by molar-refractivity contribution is 0.103. The predicted octanol–water partition coefficient (Wildman–Crippen LogP) is 3.20. The van der Waals surface area contributed by atoms with Gasteiger partial charge in [-0.05, 0) is 18.2 Å². The second-order valence-electron chi connectivity index (χ2n) is 6.11. The molecule has 0 N–H and O–H groups in total. The van der Waals surface area contributed by atoms with Gasteiger partial charge >= 0.3 is 0 Å². The van der Waals surface area contributed by atoms with E-state index >= 15 is 0 Å². The Morgan fingerprint density at radius 3 is 2.44 bits per heavy atom. The lowest BCUT2D eigenvalue weighted by Crippen LogP contribution is -2.14. The van der Waals surface area contributed by atoms with Crippen LogP contribution in [0.25, 0.3) is 21.9 Å². The van der Waals surface area contributed by atoms with Crippen LogP contribution in [0.4, 0.5) is 0 Å². The van der Waals surface area contributed by atoms with Gasteiger partial charge in [-0.2, -0.15) is 0 Å². The van der Waals surface area contributed by atoms with Crippen LogP contribution in [0.1, 0.15) is 16.1 Å². The second kappa shape index (κ2) is 5.51. The van der Waals surface area contributed by atoms with Crippen molar-refractivity contribution in [1.82, 2.24) is 4.98 Å². The third-order valence-electron chi connectivity index (χ3n) is 4.95. The van der Waals surface area contributed by atoms with Gasteiger partial charge in [-0.15, -0.1) is 0 Å². The fourth-order valence-corrected chi connectivity index (χ4v) is 3.88. The average Bonchev–Trinajstić information content (AvgIpc) is 3.18. The first-order valence-corrected chi connectivity index (χ1v) is 8.29. The molecule has 7 nitrogen and oxygen atoms in total. The van der Waals surface area contributed by atoms with Gasteiger partial charge in [0.15, 0.2) is 23.0 Å². The maximum absolute atomic E-state index is 13.3. The minimum atomic E-state index is -0.236. The Balaban J connectivity index is 2.01. The summed E-state index contributed by atoms with van der Waals surface area (Å²) in [6.45, 7) is 0.0777. The summed E-state index contributed by atoms with van der Waals surface area (Å²) in [6.07, 6.45) is 1.59. The van der Waals surface area contributed by atoms with Crippen LogP contribution < -0.4 is 23.7 Å². The fraction of sp³-hybridized carbons (Fsp3) is 0.200. The van der Waals surface area contributed by atoms with Gasteiger partial charge in [0.05, 0.1) is 26.9 Å². The van der Waals surface area contributed by atoms with E-state index < -0.39 is 0 Å². The van der Waals surface area contributed by atoms with Gasteiger partial charge < -0.3 is 23.7 Å². The molecule has 2 heterocycles. The first-order valence-electron chi connectivity index (χ1n) is 8.29. The summed E-state index contributed by atoms with van der Waals surface area (Å²) in [5, 5.41) is 1.43. The molecule has 7 heteroatoms. The van der Waals surface area contributed by atoms with Gasteiger partial charge in [-0.3, -0.25) is 9.78 Å². The number of methoxy groups -OCH3 is 3. The first-order chi connectivity index (χ1) is 13.2. The maximum Gasteiger partial charge on any atom is 0.231 e. The minimum absolute atomic E-state index is 0.0777. The summed E-state index contributed by atoms with van der Waals surface area (Å²) in [4.78, 5) is 17.7. The van der Waals surface area contributed by atoms with Crippen LogP contribution >= 0.6 is 0 Å². The Labute approximate surface area is 154 Å². The van der Waals surface area contributed by atoms with Gasteiger partial charge in [0, 0.05) is 28.1 Å². The molecule has 1 aliphatic heterocycles. The van der Waals surface area contributed by atoms with E-state index in [2.05, 4.69) is 4.98 Å². The number of benzene rings is 2. The van der Waals surface area contributed by atoms with Crippen molar-refractivity contribution < 1.29 is 28.5 Å². The SMILES string of the molecule is COc1ccc2c(c1OC)C(=O)c1nccc3c(OC)c4c(c-2c13)OCO4. The van der Waals surface area contributed by atoms with Crippen LogP contribution in [0.3, 0.4) is 0 Å². The highest BCUT2D eigenvalue weighted by Crippen LogP contribution is 2.57. The zero-order valence-corrected chi connectivity index (χ0v) is 14.9. The van der Waals surface area contributed by atoms with Gasteiger partial charge in [0.2, 0.25) is 18.3 Å². The maximum atomic E-state index is 13.3. The summed E-state index contributed by atoms with van der Waals surface area (Å²) in [6, 6.07) is 5.40. The molecule has 0 radical (unpaired) electrons. The van der Waals surface area contributed by atoms with Crippen molar-refractivity contribution in [3.8, 4) is 39.9 Å². The molecule has 0 fully saturated rings. The van der Waals surface area contributed by atoms with Crippen molar-refractivity contribution in [1.29, 1.82) is 0 Å². The number of carbonyl (C=O) groups is 1. The van der Waals surface area contributed by atoms with E-state index in [0.29, 0.717) is 51.0 Å². The number of nitrogens with zero attached hydrogens (tertiary/aromatic N) is 1. The summed E-state index contributed by atoms with van der Waals surface area (Å²) >= 11 is 0. The van der Waals surface area contributed by atoms with Crippen LogP contribution in [0.5, 0.6) is 28.7 Å². The van der Waals surface area contributed by atoms with Crippen LogP contribution in [0.15, 0.2) is 24.4 Å². The largest absolute Gasteiger partial charge is 0.493 e. The number of ketones is 1. The number of hydrogen-bond donors (Lipinski definition) is 0. The fourth-order valence-electron chi connectivity index (χ4n) is 3.88. The first kappa shape index (κ1) is 15.7. The molecular formula is C20H15NO6. The van der Waals surface area contributed by atoms with Gasteiger partial charge in [0.25, 0.3) is 0 Å². The van der Waals surface area contributed by atoms with Crippen LogP contribution in [0, 0.1) is 0 Å². The molecule has 0 bridgehead atoms. The summed E-state index contributed by atoms with van der Waals surface area (Å²) in [5.41, 5.74) is 2.15. The van der Waals surface area contributed by atoms with E-state index in [1.54, 1.807) is 19.4 Å². The molecule has 1 aromatic heterocycles. The Morgan fingerprint density at radius 2 is 1.70 bits per heavy atom. The molecule has 0 amide bonds. The lowest BCUT2D eigenvalue weighted by Gasteiger charge is -2.24. The minimum Gasteiger partial charge on any atom is -0.493 e. The average molecular weight is 365 g/mol. The molecule has 1 aliphatic carbocycles. The quantitative estimate of drug-likeness (QED) is 0.552. The highest BCUT2D eigenvalue weighted by molar-refractivity contribution is 6.28. The molecule has 0 saturated carbocycles. The number of pyridine rings is 1.